The number of aromatic nitrogens is 6. The van der Waals surface area contributed by atoms with Crippen LogP contribution in [0.3, 0.4) is 0 Å². The first-order valence-corrected chi connectivity index (χ1v) is 6.88. The van der Waals surface area contributed by atoms with Crippen LogP contribution in [-0.2, 0) is 0 Å². The Balaban J connectivity index is 1.67. The van der Waals surface area contributed by atoms with Gasteiger partial charge >= 0.3 is 0 Å². The zero-order valence-electron chi connectivity index (χ0n) is 11.5. The number of nitrogens with one attached hydrogen (secondary N) is 2. The summed E-state index contributed by atoms with van der Waals surface area (Å²) in [6.07, 6.45) is 8.23. The fourth-order valence-electron chi connectivity index (χ4n) is 1.97. The molecule has 0 unspecified atom stereocenters. The molecular formula is C12H18N8. The number of hydrogen-bond acceptors (Lipinski definition) is 7. The Labute approximate surface area is 117 Å². The lowest BCUT2D eigenvalue weighted by Gasteiger charge is -2.08. The fourth-order valence-corrected chi connectivity index (χ4v) is 1.97. The van der Waals surface area contributed by atoms with Crippen molar-refractivity contribution in [2.24, 2.45) is 5.92 Å². The summed E-state index contributed by atoms with van der Waals surface area (Å²) in [6, 6.07) is 0. The van der Waals surface area contributed by atoms with Crippen molar-refractivity contribution in [2.45, 2.75) is 25.7 Å². The Bertz CT molecular complexity index is 549. The molecular weight excluding hydrogens is 256 g/mol. The van der Waals surface area contributed by atoms with Crippen LogP contribution in [0.2, 0.25) is 0 Å². The highest BCUT2D eigenvalue weighted by Gasteiger charge is 2.20. The van der Waals surface area contributed by atoms with E-state index < -0.39 is 0 Å². The van der Waals surface area contributed by atoms with Gasteiger partial charge in [-0.1, -0.05) is 12.8 Å². The molecule has 0 amide bonds. The third-order valence-electron chi connectivity index (χ3n) is 3.24. The number of nitrogens with zero attached hydrogens (tertiary/aromatic N) is 6. The van der Waals surface area contributed by atoms with E-state index >= 15 is 0 Å². The van der Waals surface area contributed by atoms with Crippen LogP contribution in [0, 0.1) is 5.92 Å². The van der Waals surface area contributed by atoms with Crippen molar-refractivity contribution in [3.8, 4) is 5.95 Å². The van der Waals surface area contributed by atoms with Crippen LogP contribution in [0.1, 0.15) is 25.7 Å². The summed E-state index contributed by atoms with van der Waals surface area (Å²) in [5.41, 5.74) is 0. The summed E-state index contributed by atoms with van der Waals surface area (Å²) in [4.78, 5) is 16.8. The summed E-state index contributed by atoms with van der Waals surface area (Å²) in [5, 5.41) is 10.2. The zero-order chi connectivity index (χ0) is 13.8. The fraction of sp³-hybridized carbons (Fsp3) is 0.583. The third kappa shape index (κ3) is 3.19. The minimum absolute atomic E-state index is 0.451. The van der Waals surface area contributed by atoms with Crippen LogP contribution >= 0.6 is 0 Å². The first-order chi connectivity index (χ1) is 9.85. The van der Waals surface area contributed by atoms with E-state index in [2.05, 4.69) is 35.7 Å². The second kappa shape index (κ2) is 5.81. The van der Waals surface area contributed by atoms with E-state index in [0.717, 1.165) is 18.9 Å². The SMILES string of the molecule is CNc1nc(NCCCC2CC2)nc(-n2cncn2)n1. The van der Waals surface area contributed by atoms with Gasteiger partial charge in [-0.2, -0.15) is 24.7 Å². The maximum Gasteiger partial charge on any atom is 0.258 e. The van der Waals surface area contributed by atoms with Crippen LogP contribution in [-0.4, -0.2) is 43.3 Å². The van der Waals surface area contributed by atoms with Crippen molar-refractivity contribution >= 4 is 11.9 Å². The monoisotopic (exact) mass is 274 g/mol. The van der Waals surface area contributed by atoms with Crippen molar-refractivity contribution in [3.63, 3.8) is 0 Å². The highest BCUT2D eigenvalue weighted by atomic mass is 15.4. The van der Waals surface area contributed by atoms with E-state index in [0.29, 0.717) is 17.8 Å². The Hall–Kier alpha value is -2.25. The predicted octanol–water partition coefficient (Wildman–Crippen LogP) is 1.10. The van der Waals surface area contributed by atoms with Crippen LogP contribution in [0.5, 0.6) is 0 Å². The normalized spacial score (nSPS) is 14.2. The third-order valence-corrected chi connectivity index (χ3v) is 3.24. The quantitative estimate of drug-likeness (QED) is 0.730. The molecule has 8 heteroatoms. The molecule has 3 rings (SSSR count). The van der Waals surface area contributed by atoms with Crippen molar-refractivity contribution in [2.75, 3.05) is 24.2 Å². The first kappa shape index (κ1) is 12.8. The summed E-state index contributed by atoms with van der Waals surface area (Å²) < 4.78 is 1.51. The van der Waals surface area contributed by atoms with Crippen molar-refractivity contribution in [1.29, 1.82) is 0 Å². The molecule has 8 nitrogen and oxygen atoms in total. The smallest absolute Gasteiger partial charge is 0.258 e. The van der Waals surface area contributed by atoms with Gasteiger partial charge in [0, 0.05) is 13.6 Å². The topological polar surface area (TPSA) is 93.4 Å². The van der Waals surface area contributed by atoms with Crippen LogP contribution in [0.4, 0.5) is 11.9 Å². The molecule has 1 fully saturated rings. The second-order valence-corrected chi connectivity index (χ2v) is 4.89. The lowest BCUT2D eigenvalue weighted by atomic mass is 10.2. The predicted molar refractivity (Wildman–Crippen MR) is 74.7 cm³/mol. The van der Waals surface area contributed by atoms with Crippen LogP contribution in [0.15, 0.2) is 12.7 Å². The molecule has 0 radical (unpaired) electrons. The van der Waals surface area contributed by atoms with Gasteiger partial charge in [0.25, 0.3) is 5.95 Å². The van der Waals surface area contributed by atoms with E-state index in [9.17, 15) is 0 Å². The molecule has 1 aliphatic rings. The van der Waals surface area contributed by atoms with Gasteiger partial charge < -0.3 is 10.6 Å². The number of anilines is 2. The molecule has 1 saturated carbocycles. The van der Waals surface area contributed by atoms with E-state index in [4.69, 9.17) is 0 Å². The zero-order valence-corrected chi connectivity index (χ0v) is 11.5. The molecule has 106 valence electrons. The molecule has 1 aliphatic carbocycles. The molecule has 2 aromatic rings. The minimum Gasteiger partial charge on any atom is -0.357 e. The number of rotatable bonds is 7. The van der Waals surface area contributed by atoms with Gasteiger partial charge in [-0.05, 0) is 18.8 Å². The van der Waals surface area contributed by atoms with Crippen LogP contribution < -0.4 is 10.6 Å². The van der Waals surface area contributed by atoms with Gasteiger partial charge in [0.1, 0.15) is 12.7 Å². The molecule has 0 atom stereocenters. The number of hydrogen-bond donors (Lipinski definition) is 2. The van der Waals surface area contributed by atoms with Gasteiger partial charge in [0.05, 0.1) is 0 Å². The summed E-state index contributed by atoms with van der Waals surface area (Å²) >= 11 is 0. The molecule has 2 heterocycles. The Kier molecular flexibility index (Phi) is 3.71. The van der Waals surface area contributed by atoms with E-state index in [1.165, 1.54) is 30.3 Å². The molecule has 20 heavy (non-hydrogen) atoms. The highest BCUT2D eigenvalue weighted by molar-refractivity contribution is 5.37. The maximum absolute atomic E-state index is 4.34. The average molecular weight is 274 g/mol. The largest absolute Gasteiger partial charge is 0.357 e. The Morgan fingerprint density at radius 1 is 1.25 bits per heavy atom. The lowest BCUT2D eigenvalue weighted by molar-refractivity contribution is 0.684. The summed E-state index contributed by atoms with van der Waals surface area (Å²) in [5.74, 6) is 2.47. The molecule has 0 bridgehead atoms. The van der Waals surface area contributed by atoms with E-state index in [1.807, 2.05) is 0 Å². The van der Waals surface area contributed by atoms with E-state index in [-0.39, 0.29) is 0 Å². The van der Waals surface area contributed by atoms with Gasteiger partial charge in [-0.3, -0.25) is 0 Å². The Morgan fingerprint density at radius 2 is 2.10 bits per heavy atom. The molecule has 0 saturated heterocycles. The lowest BCUT2D eigenvalue weighted by Crippen LogP contribution is -2.12. The molecule has 0 aromatic carbocycles. The van der Waals surface area contributed by atoms with Crippen molar-refractivity contribution < 1.29 is 0 Å². The standard InChI is InChI=1S/C12H18N8/c1-13-10-17-11(15-6-2-3-9-4-5-9)19-12(18-10)20-8-14-7-16-20/h7-9H,2-6H2,1H3,(H2,13,15,17,18,19). The average Bonchev–Trinajstić information content (AvgIpc) is 3.14. The van der Waals surface area contributed by atoms with Gasteiger partial charge in [-0.25, -0.2) is 4.98 Å². The van der Waals surface area contributed by atoms with Gasteiger partial charge in [0.2, 0.25) is 11.9 Å². The molecule has 2 aromatic heterocycles. The highest BCUT2D eigenvalue weighted by Crippen LogP contribution is 2.33. The summed E-state index contributed by atoms with van der Waals surface area (Å²) in [7, 11) is 1.78. The molecule has 0 aliphatic heterocycles. The van der Waals surface area contributed by atoms with Gasteiger partial charge in [0.15, 0.2) is 0 Å². The first-order valence-electron chi connectivity index (χ1n) is 6.88. The second-order valence-electron chi connectivity index (χ2n) is 4.89. The van der Waals surface area contributed by atoms with Crippen LogP contribution in [0.25, 0.3) is 5.95 Å². The van der Waals surface area contributed by atoms with E-state index in [1.54, 1.807) is 13.4 Å². The van der Waals surface area contributed by atoms with Crippen molar-refractivity contribution in [3.05, 3.63) is 12.7 Å². The van der Waals surface area contributed by atoms with Gasteiger partial charge in [-0.15, -0.1) is 0 Å². The van der Waals surface area contributed by atoms with Crippen molar-refractivity contribution in [1.82, 2.24) is 29.7 Å². The summed E-state index contributed by atoms with van der Waals surface area (Å²) in [6.45, 7) is 0.875. The minimum atomic E-state index is 0.451. The molecule has 2 N–H and O–H groups in total. The maximum atomic E-state index is 4.34. The molecule has 0 spiro atoms. The Morgan fingerprint density at radius 3 is 2.80 bits per heavy atom.